The van der Waals surface area contributed by atoms with Crippen LogP contribution in [-0.2, 0) is 4.79 Å². The zero-order valence-corrected chi connectivity index (χ0v) is 13.3. The van der Waals surface area contributed by atoms with E-state index in [0.717, 1.165) is 29.9 Å². The standard InChI is InChI=1S/C18H22N4O/c23-18-13-21(10-11-22(18)14-6-2-1-3-7-14)17-12-19-15-8-4-5-9-16(15)20-17/h4-5,8-9,12,14H,1-3,6-7,10-11,13H2. The molecule has 1 aromatic carbocycles. The summed E-state index contributed by atoms with van der Waals surface area (Å²) >= 11 is 0. The van der Waals surface area contributed by atoms with Gasteiger partial charge in [0.25, 0.3) is 0 Å². The van der Waals surface area contributed by atoms with Crippen molar-refractivity contribution in [1.82, 2.24) is 14.9 Å². The molecule has 1 aromatic heterocycles. The van der Waals surface area contributed by atoms with Crippen LogP contribution in [0.3, 0.4) is 0 Å². The smallest absolute Gasteiger partial charge is 0.242 e. The van der Waals surface area contributed by atoms with Gasteiger partial charge in [0, 0.05) is 19.1 Å². The fraction of sp³-hybridized carbons (Fsp3) is 0.500. The van der Waals surface area contributed by atoms with Crippen molar-refractivity contribution in [2.45, 2.75) is 38.1 Å². The number of hydrogen-bond acceptors (Lipinski definition) is 4. The maximum absolute atomic E-state index is 12.6. The summed E-state index contributed by atoms with van der Waals surface area (Å²) in [6, 6.07) is 8.31. The molecule has 120 valence electrons. The highest BCUT2D eigenvalue weighted by molar-refractivity contribution is 5.83. The van der Waals surface area contributed by atoms with E-state index in [-0.39, 0.29) is 5.91 Å². The molecule has 0 radical (unpaired) electrons. The number of aromatic nitrogens is 2. The Kier molecular flexibility index (Phi) is 3.85. The Labute approximate surface area is 136 Å². The normalized spacial score (nSPS) is 20.3. The lowest BCUT2D eigenvalue weighted by Gasteiger charge is -2.40. The van der Waals surface area contributed by atoms with Gasteiger partial charge in [0.05, 0.1) is 23.8 Å². The number of benzene rings is 1. The molecule has 2 aromatic rings. The van der Waals surface area contributed by atoms with E-state index in [4.69, 9.17) is 0 Å². The molecule has 4 rings (SSSR count). The molecular formula is C18H22N4O. The Hall–Kier alpha value is -2.17. The molecule has 1 aliphatic carbocycles. The molecule has 2 fully saturated rings. The molecule has 0 spiro atoms. The highest BCUT2D eigenvalue weighted by atomic mass is 16.2. The van der Waals surface area contributed by atoms with Crippen molar-refractivity contribution in [3.05, 3.63) is 30.5 Å². The van der Waals surface area contributed by atoms with Crippen molar-refractivity contribution in [3.63, 3.8) is 0 Å². The van der Waals surface area contributed by atoms with E-state index in [0.29, 0.717) is 12.6 Å². The Morgan fingerprint density at radius 2 is 1.78 bits per heavy atom. The maximum Gasteiger partial charge on any atom is 0.242 e. The molecular weight excluding hydrogens is 288 g/mol. The third-order valence-electron chi connectivity index (χ3n) is 5.03. The van der Waals surface area contributed by atoms with Crippen LogP contribution in [0.1, 0.15) is 32.1 Å². The van der Waals surface area contributed by atoms with Crippen molar-refractivity contribution < 1.29 is 4.79 Å². The highest BCUT2D eigenvalue weighted by Gasteiger charge is 2.30. The molecule has 0 bridgehead atoms. The van der Waals surface area contributed by atoms with Crippen LogP contribution in [-0.4, -0.2) is 46.5 Å². The number of hydrogen-bond donors (Lipinski definition) is 0. The first-order valence-corrected chi connectivity index (χ1v) is 8.57. The third kappa shape index (κ3) is 2.87. The number of piperazine rings is 1. The molecule has 1 aliphatic heterocycles. The van der Waals surface area contributed by atoms with Gasteiger partial charge in [-0.3, -0.25) is 9.78 Å². The van der Waals surface area contributed by atoms with Crippen LogP contribution in [0, 0.1) is 0 Å². The maximum atomic E-state index is 12.6. The second-order valence-corrected chi connectivity index (χ2v) is 6.52. The molecule has 1 saturated carbocycles. The Morgan fingerprint density at radius 1 is 1.00 bits per heavy atom. The fourth-order valence-electron chi connectivity index (χ4n) is 3.76. The van der Waals surface area contributed by atoms with Gasteiger partial charge in [-0.25, -0.2) is 4.98 Å². The SMILES string of the molecule is O=C1CN(c2cnc3ccccc3n2)CCN1C1CCCCC1. The predicted molar refractivity (Wildman–Crippen MR) is 90.3 cm³/mol. The molecule has 0 unspecified atom stereocenters. The summed E-state index contributed by atoms with van der Waals surface area (Å²) < 4.78 is 0. The number of rotatable bonds is 2. The van der Waals surface area contributed by atoms with Crippen LogP contribution >= 0.6 is 0 Å². The molecule has 1 amide bonds. The molecule has 2 heterocycles. The average molecular weight is 310 g/mol. The van der Waals surface area contributed by atoms with Gasteiger partial charge in [0.1, 0.15) is 5.82 Å². The van der Waals surface area contributed by atoms with Crippen LogP contribution in [0.2, 0.25) is 0 Å². The van der Waals surface area contributed by atoms with Gasteiger partial charge in [0.2, 0.25) is 5.91 Å². The number of amides is 1. The fourth-order valence-corrected chi connectivity index (χ4v) is 3.76. The number of carbonyl (C=O) groups is 1. The number of nitrogens with zero attached hydrogens (tertiary/aromatic N) is 4. The lowest BCUT2D eigenvalue weighted by Crippen LogP contribution is -2.54. The molecule has 23 heavy (non-hydrogen) atoms. The Balaban J connectivity index is 1.49. The van der Waals surface area contributed by atoms with Gasteiger partial charge < -0.3 is 9.80 Å². The van der Waals surface area contributed by atoms with Gasteiger partial charge >= 0.3 is 0 Å². The number of para-hydroxylation sites is 2. The van der Waals surface area contributed by atoms with Gasteiger partial charge in [-0.2, -0.15) is 0 Å². The quantitative estimate of drug-likeness (QED) is 0.855. The molecule has 1 saturated heterocycles. The number of carbonyl (C=O) groups excluding carboxylic acids is 1. The zero-order valence-electron chi connectivity index (χ0n) is 13.3. The van der Waals surface area contributed by atoms with E-state index in [1.54, 1.807) is 6.20 Å². The minimum absolute atomic E-state index is 0.234. The molecule has 2 aliphatic rings. The van der Waals surface area contributed by atoms with E-state index >= 15 is 0 Å². The largest absolute Gasteiger partial charge is 0.344 e. The number of fused-ring (bicyclic) bond motifs is 1. The second-order valence-electron chi connectivity index (χ2n) is 6.52. The lowest BCUT2D eigenvalue weighted by molar-refractivity contribution is -0.134. The van der Waals surface area contributed by atoms with Crippen molar-refractivity contribution in [2.75, 3.05) is 24.5 Å². The average Bonchev–Trinajstić information content (AvgIpc) is 2.62. The molecule has 5 heteroatoms. The van der Waals surface area contributed by atoms with E-state index in [1.165, 1.54) is 32.1 Å². The summed E-state index contributed by atoms with van der Waals surface area (Å²) in [6.45, 7) is 2.07. The zero-order chi connectivity index (χ0) is 15.6. The minimum atomic E-state index is 0.234. The highest BCUT2D eigenvalue weighted by Crippen LogP contribution is 2.25. The van der Waals surface area contributed by atoms with Crippen molar-refractivity contribution in [2.24, 2.45) is 0 Å². The summed E-state index contributed by atoms with van der Waals surface area (Å²) in [5, 5.41) is 0. The van der Waals surface area contributed by atoms with E-state index in [9.17, 15) is 4.79 Å². The first-order valence-electron chi connectivity index (χ1n) is 8.57. The van der Waals surface area contributed by atoms with Gasteiger partial charge in [-0.1, -0.05) is 31.4 Å². The minimum Gasteiger partial charge on any atom is -0.344 e. The third-order valence-corrected chi connectivity index (χ3v) is 5.03. The summed E-state index contributed by atoms with van der Waals surface area (Å²) in [5.74, 6) is 1.04. The van der Waals surface area contributed by atoms with Gasteiger partial charge in [0.15, 0.2) is 0 Å². The van der Waals surface area contributed by atoms with Crippen LogP contribution in [0.5, 0.6) is 0 Å². The topological polar surface area (TPSA) is 49.3 Å². The second kappa shape index (κ2) is 6.14. The van der Waals surface area contributed by atoms with Crippen LogP contribution in [0.25, 0.3) is 11.0 Å². The monoisotopic (exact) mass is 310 g/mol. The Morgan fingerprint density at radius 3 is 2.57 bits per heavy atom. The molecule has 5 nitrogen and oxygen atoms in total. The van der Waals surface area contributed by atoms with Crippen LogP contribution < -0.4 is 4.90 Å². The number of anilines is 1. The van der Waals surface area contributed by atoms with E-state index in [1.807, 2.05) is 24.3 Å². The Bertz CT molecular complexity index is 711. The van der Waals surface area contributed by atoms with E-state index in [2.05, 4.69) is 19.8 Å². The van der Waals surface area contributed by atoms with Gasteiger partial charge in [-0.05, 0) is 25.0 Å². The van der Waals surface area contributed by atoms with Crippen LogP contribution in [0.4, 0.5) is 5.82 Å². The van der Waals surface area contributed by atoms with Crippen molar-refractivity contribution >= 4 is 22.8 Å². The molecule has 0 atom stereocenters. The predicted octanol–water partition coefficient (Wildman–Crippen LogP) is 2.61. The van der Waals surface area contributed by atoms with Crippen molar-refractivity contribution in [1.29, 1.82) is 0 Å². The van der Waals surface area contributed by atoms with Crippen LogP contribution in [0.15, 0.2) is 30.5 Å². The summed E-state index contributed by atoms with van der Waals surface area (Å²) in [7, 11) is 0. The first kappa shape index (κ1) is 14.4. The van der Waals surface area contributed by atoms with Crippen molar-refractivity contribution in [3.8, 4) is 0 Å². The summed E-state index contributed by atoms with van der Waals surface area (Å²) in [4.78, 5) is 25.9. The lowest BCUT2D eigenvalue weighted by atomic mass is 9.93. The van der Waals surface area contributed by atoms with E-state index < -0.39 is 0 Å². The first-order chi connectivity index (χ1) is 11.3. The summed E-state index contributed by atoms with van der Waals surface area (Å²) in [5.41, 5.74) is 1.77. The molecule has 0 N–H and O–H groups in total. The summed E-state index contributed by atoms with van der Waals surface area (Å²) in [6.07, 6.45) is 7.95. The van der Waals surface area contributed by atoms with Gasteiger partial charge in [-0.15, -0.1) is 0 Å².